The van der Waals surface area contributed by atoms with Crippen molar-refractivity contribution in [3.8, 4) is 11.5 Å². The van der Waals surface area contributed by atoms with Crippen LogP contribution in [0.1, 0.15) is 70.6 Å². The van der Waals surface area contributed by atoms with Crippen LogP contribution in [0.2, 0.25) is 0 Å². The third kappa shape index (κ3) is 8.89. The maximum atomic E-state index is 13.3. The molecule has 326 valence electrons. The molecule has 0 saturated carbocycles. The van der Waals surface area contributed by atoms with Gasteiger partial charge >= 0.3 is 5.97 Å². The largest absolute Gasteiger partial charge is 0.505 e. The standard InChI is InChI=1S/C27H30N4O5.C20H18N2O5/c1-3-18(16-8-5-4-6-9-16)28-22-23(26(34)25(22)33)29-19-11-7-10-17(24(19)32)27(35)31-14-20-21(15-31)36-13-12-30(20)2;1-2-13(11-7-4-3-5-8-11)21-15-16(19(25)18(15)24)22-14-10-6-9-12(17(14)23)20(26)27/h4-11,18,20-21,28-29,32H,3,12-15H2,1-2H3;3-10,13,21-23H,2H2,1H3,(H,26,27)/t18-,20?,21?;13-/m11/s1. The van der Waals surface area contributed by atoms with Gasteiger partial charge in [0.2, 0.25) is 0 Å². The predicted octanol–water partition coefficient (Wildman–Crippen LogP) is 5.44. The molecule has 0 aliphatic carbocycles. The molecule has 1 amide bonds. The van der Waals surface area contributed by atoms with Gasteiger partial charge in [-0.05, 0) is 55.3 Å². The maximum Gasteiger partial charge on any atom is 0.339 e. The Morgan fingerprint density at radius 1 is 0.651 bits per heavy atom. The number of likely N-dealkylation sites (tertiary alicyclic amines) is 1. The van der Waals surface area contributed by atoms with Crippen LogP contribution >= 0.6 is 0 Å². The minimum Gasteiger partial charge on any atom is -0.505 e. The Hall–Kier alpha value is -7.30. The highest BCUT2D eigenvalue weighted by molar-refractivity contribution is 5.99. The molecule has 2 aliphatic heterocycles. The number of amides is 1. The highest BCUT2D eigenvalue weighted by Gasteiger charge is 2.41. The average molecular weight is 857 g/mol. The fourth-order valence-corrected chi connectivity index (χ4v) is 7.96. The van der Waals surface area contributed by atoms with E-state index >= 15 is 0 Å². The van der Waals surface area contributed by atoms with E-state index in [1.165, 1.54) is 18.2 Å². The molecule has 7 N–H and O–H groups in total. The van der Waals surface area contributed by atoms with Gasteiger partial charge in [-0.15, -0.1) is 0 Å². The summed E-state index contributed by atoms with van der Waals surface area (Å²) in [5.41, 5.74) is -0.245. The van der Waals surface area contributed by atoms with Crippen LogP contribution in [-0.4, -0.2) is 82.4 Å². The molecule has 2 fully saturated rings. The van der Waals surface area contributed by atoms with Gasteiger partial charge in [-0.3, -0.25) is 28.9 Å². The van der Waals surface area contributed by atoms with E-state index in [2.05, 4.69) is 26.2 Å². The molecule has 6 aromatic rings. The van der Waals surface area contributed by atoms with Gasteiger partial charge in [-0.25, -0.2) is 4.79 Å². The number of nitrogens with one attached hydrogen (secondary N) is 4. The summed E-state index contributed by atoms with van der Waals surface area (Å²) in [6.07, 6.45) is 1.33. The first kappa shape index (κ1) is 43.8. The molecule has 16 nitrogen and oxygen atoms in total. The molecule has 2 saturated heterocycles. The third-order valence-corrected chi connectivity index (χ3v) is 11.6. The van der Waals surface area contributed by atoms with E-state index < -0.39 is 33.4 Å². The van der Waals surface area contributed by atoms with Crippen molar-refractivity contribution in [2.45, 2.75) is 50.9 Å². The zero-order chi connectivity index (χ0) is 44.9. The molecule has 6 aromatic carbocycles. The number of phenolic OH excluding ortho intramolecular Hbond substituents is 1. The number of likely N-dealkylation sites (N-methyl/N-ethyl adjacent to an activating group) is 1. The van der Waals surface area contributed by atoms with Crippen molar-refractivity contribution < 1.29 is 29.6 Å². The summed E-state index contributed by atoms with van der Waals surface area (Å²) in [6.45, 7) is 6.35. The van der Waals surface area contributed by atoms with Gasteiger partial charge in [-0.1, -0.05) is 86.6 Å². The van der Waals surface area contributed by atoms with Crippen LogP contribution in [0.25, 0.3) is 0 Å². The van der Waals surface area contributed by atoms with Crippen molar-refractivity contribution in [1.82, 2.24) is 9.80 Å². The summed E-state index contributed by atoms with van der Waals surface area (Å²) in [5.74, 6) is -2.37. The smallest absolute Gasteiger partial charge is 0.339 e. The second-order valence-electron chi connectivity index (χ2n) is 15.5. The molecular weight excluding hydrogens is 809 g/mol. The number of carboxylic acid groups (broad SMARTS) is 1. The van der Waals surface area contributed by atoms with E-state index in [0.717, 1.165) is 17.7 Å². The second kappa shape index (κ2) is 18.8. The number of nitrogens with zero attached hydrogens (tertiary/aromatic N) is 2. The van der Waals surface area contributed by atoms with Crippen LogP contribution in [0.15, 0.2) is 116 Å². The number of rotatable bonds is 14. The number of hydrogen-bond acceptors (Lipinski definition) is 14. The predicted molar refractivity (Wildman–Crippen MR) is 241 cm³/mol. The third-order valence-electron chi connectivity index (χ3n) is 11.6. The molecule has 0 bridgehead atoms. The Balaban J connectivity index is 0.000000197. The van der Waals surface area contributed by atoms with Gasteiger partial charge in [0.15, 0.2) is 11.5 Å². The number of morpholine rings is 1. The van der Waals surface area contributed by atoms with Gasteiger partial charge in [0, 0.05) is 19.6 Å². The van der Waals surface area contributed by atoms with E-state index in [1.54, 1.807) is 23.1 Å². The number of phenols is 2. The number of carboxylic acids is 1. The van der Waals surface area contributed by atoms with Crippen molar-refractivity contribution in [1.29, 1.82) is 0 Å². The first-order chi connectivity index (χ1) is 30.3. The van der Waals surface area contributed by atoms with Crippen molar-refractivity contribution in [2.24, 2.45) is 0 Å². The summed E-state index contributed by atoms with van der Waals surface area (Å²) >= 11 is 0. The second-order valence-corrected chi connectivity index (χ2v) is 15.5. The van der Waals surface area contributed by atoms with Crippen molar-refractivity contribution in [3.05, 3.63) is 160 Å². The number of para-hydroxylation sites is 2. The summed E-state index contributed by atoms with van der Waals surface area (Å²) in [5, 5.41) is 42.0. The lowest BCUT2D eigenvalue weighted by molar-refractivity contribution is -0.0368. The molecule has 2 unspecified atom stereocenters. The van der Waals surface area contributed by atoms with E-state index in [9.17, 15) is 39.0 Å². The topological polar surface area (TPSA) is 227 Å². The number of carbonyl (C=O) groups is 2. The van der Waals surface area contributed by atoms with Crippen LogP contribution < -0.4 is 43.0 Å². The lowest BCUT2D eigenvalue weighted by Crippen LogP contribution is -2.48. The average Bonchev–Trinajstić information content (AvgIpc) is 3.76. The Bertz CT molecular complexity index is 2760. The summed E-state index contributed by atoms with van der Waals surface area (Å²) in [4.78, 5) is 77.1. The van der Waals surface area contributed by atoms with Crippen molar-refractivity contribution >= 4 is 46.0 Å². The van der Waals surface area contributed by atoms with Gasteiger partial charge < -0.3 is 46.2 Å². The Morgan fingerprint density at radius 3 is 1.57 bits per heavy atom. The van der Waals surface area contributed by atoms with Crippen molar-refractivity contribution in [2.75, 3.05) is 54.6 Å². The van der Waals surface area contributed by atoms with E-state index in [0.29, 0.717) is 32.5 Å². The first-order valence-electron chi connectivity index (χ1n) is 20.6. The molecule has 2 aliphatic rings. The Labute approximate surface area is 361 Å². The van der Waals surface area contributed by atoms with E-state index in [-0.39, 0.29) is 81.1 Å². The Morgan fingerprint density at radius 2 is 1.11 bits per heavy atom. The maximum absolute atomic E-state index is 13.3. The van der Waals surface area contributed by atoms with Crippen LogP contribution in [0, 0.1) is 0 Å². The summed E-state index contributed by atoms with van der Waals surface area (Å²) < 4.78 is 5.83. The SMILES string of the molecule is CC[C@@H](Nc1c(Nc2cccc(C(=O)N3CC4OCCN(C)C4C3)c2O)c(=O)c1=O)c1ccccc1.CC[C@@H](Nc1c(Nc2cccc(C(=O)O)c2O)c(=O)c1=O)c1ccccc1. The fourth-order valence-electron chi connectivity index (χ4n) is 7.96. The molecule has 0 spiro atoms. The molecule has 4 atom stereocenters. The lowest BCUT2D eigenvalue weighted by Gasteiger charge is -2.33. The van der Waals surface area contributed by atoms with Gasteiger partial charge in [0.05, 0.1) is 47.8 Å². The van der Waals surface area contributed by atoms with Crippen LogP contribution in [-0.2, 0) is 4.74 Å². The molecule has 2 heterocycles. The first-order valence-corrected chi connectivity index (χ1v) is 20.6. The number of hydrogen-bond donors (Lipinski definition) is 7. The number of anilines is 6. The minimum absolute atomic E-state index is 0.00669. The summed E-state index contributed by atoms with van der Waals surface area (Å²) in [6, 6.07) is 27.8. The number of ether oxygens (including phenoxy) is 1. The Kier molecular flexibility index (Phi) is 13.0. The number of aromatic carboxylic acids is 1. The van der Waals surface area contributed by atoms with Crippen LogP contribution in [0.5, 0.6) is 11.5 Å². The quantitative estimate of drug-likeness (QED) is 0.0535. The number of fused-ring (bicyclic) bond motifs is 1. The molecule has 63 heavy (non-hydrogen) atoms. The molecular formula is C47H48N6O10. The monoisotopic (exact) mass is 856 g/mol. The molecule has 0 aromatic heterocycles. The fraction of sp³-hybridized carbons (Fsp3) is 0.277. The zero-order valence-electron chi connectivity index (χ0n) is 34.9. The van der Waals surface area contributed by atoms with Crippen LogP contribution in [0.4, 0.5) is 34.1 Å². The van der Waals surface area contributed by atoms with Gasteiger partial charge in [-0.2, -0.15) is 0 Å². The summed E-state index contributed by atoms with van der Waals surface area (Å²) in [7, 11) is 2.02. The molecule has 8 rings (SSSR count). The molecule has 0 radical (unpaired) electrons. The highest BCUT2D eigenvalue weighted by Crippen LogP contribution is 2.36. The highest BCUT2D eigenvalue weighted by atomic mass is 16.5. The normalized spacial score (nSPS) is 17.0. The molecule has 16 heteroatoms. The number of benzene rings is 4. The number of aromatic hydroxyl groups is 2. The van der Waals surface area contributed by atoms with Crippen molar-refractivity contribution in [3.63, 3.8) is 0 Å². The zero-order valence-corrected chi connectivity index (χ0v) is 34.9. The number of carbonyl (C=O) groups excluding carboxylic acids is 1. The minimum atomic E-state index is -1.30. The van der Waals surface area contributed by atoms with Gasteiger partial charge in [0.1, 0.15) is 28.3 Å². The van der Waals surface area contributed by atoms with E-state index in [1.807, 2.05) is 81.6 Å². The van der Waals surface area contributed by atoms with Crippen LogP contribution in [0.3, 0.4) is 0 Å². The lowest BCUT2D eigenvalue weighted by atomic mass is 10.0. The van der Waals surface area contributed by atoms with E-state index in [4.69, 9.17) is 9.84 Å². The van der Waals surface area contributed by atoms with Gasteiger partial charge in [0.25, 0.3) is 27.6 Å².